The number of rotatable bonds is 8. The van der Waals surface area contributed by atoms with Crippen LogP contribution in [0.2, 0.25) is 0 Å². The van der Waals surface area contributed by atoms with Crippen LogP contribution in [0.5, 0.6) is 5.75 Å². The molecule has 0 saturated heterocycles. The first-order valence-corrected chi connectivity index (χ1v) is 12.1. The highest BCUT2D eigenvalue weighted by molar-refractivity contribution is 7.92. The Balaban J connectivity index is 1.57. The number of fused-ring (bicyclic) bond motifs is 1. The van der Waals surface area contributed by atoms with E-state index in [4.69, 9.17) is 5.84 Å². The van der Waals surface area contributed by atoms with Crippen molar-refractivity contribution in [2.45, 2.75) is 23.7 Å². The molecule has 12 heteroatoms. The van der Waals surface area contributed by atoms with Crippen LogP contribution >= 0.6 is 0 Å². The molecule has 0 spiro atoms. The molecule has 0 aliphatic heterocycles. The average molecular weight is 519 g/mol. The Kier molecular flexibility index (Phi) is 6.91. The fourth-order valence-corrected chi connectivity index (χ4v) is 4.83. The zero-order chi connectivity index (χ0) is 25.9. The number of carbonyl (C=O) groups is 1. The molecule has 1 atom stereocenters. The summed E-state index contributed by atoms with van der Waals surface area (Å²) in [5, 5.41) is 0.659. The van der Waals surface area contributed by atoms with E-state index in [0.29, 0.717) is 17.3 Å². The molecule has 36 heavy (non-hydrogen) atoms. The third-order valence-corrected chi connectivity index (χ3v) is 6.79. The van der Waals surface area contributed by atoms with E-state index in [-0.39, 0.29) is 16.5 Å². The number of aromatic nitrogens is 1. The number of carbonyl (C=O) groups excluding carboxylic acids is 1. The van der Waals surface area contributed by atoms with Gasteiger partial charge in [0.05, 0.1) is 4.90 Å². The van der Waals surface area contributed by atoms with Gasteiger partial charge in [-0.1, -0.05) is 30.3 Å². The molecule has 8 nitrogen and oxygen atoms in total. The summed E-state index contributed by atoms with van der Waals surface area (Å²) in [5.41, 5.74) is 4.04. The van der Waals surface area contributed by atoms with Crippen molar-refractivity contribution in [1.82, 2.24) is 9.99 Å². The van der Waals surface area contributed by atoms with Gasteiger partial charge in [0, 0.05) is 29.2 Å². The summed E-state index contributed by atoms with van der Waals surface area (Å²) in [7, 11) is -4.08. The zero-order valence-electron chi connectivity index (χ0n) is 18.6. The van der Waals surface area contributed by atoms with Crippen molar-refractivity contribution in [3.05, 3.63) is 90.6 Å². The second-order valence-corrected chi connectivity index (χ2v) is 9.52. The molecule has 4 aromatic rings. The van der Waals surface area contributed by atoms with Gasteiger partial charge in [0.2, 0.25) is 0 Å². The van der Waals surface area contributed by atoms with Gasteiger partial charge >= 0.3 is 6.36 Å². The Morgan fingerprint density at radius 1 is 1.00 bits per heavy atom. The van der Waals surface area contributed by atoms with Gasteiger partial charge in [-0.2, -0.15) is 0 Å². The predicted molar refractivity (Wildman–Crippen MR) is 127 cm³/mol. The molecule has 188 valence electrons. The second-order valence-electron chi connectivity index (χ2n) is 7.84. The molecule has 0 aliphatic rings. The zero-order valence-corrected chi connectivity index (χ0v) is 19.4. The average Bonchev–Trinajstić information content (AvgIpc) is 3.24. The second kappa shape index (κ2) is 9.91. The maximum Gasteiger partial charge on any atom is 0.573 e. The minimum atomic E-state index is -4.88. The highest BCUT2D eigenvalue weighted by Gasteiger charge is 2.31. The van der Waals surface area contributed by atoms with Gasteiger partial charge in [0.15, 0.2) is 0 Å². The fraction of sp³-hybridized carbons (Fsp3) is 0.125. The number of hydrazine groups is 1. The van der Waals surface area contributed by atoms with Crippen LogP contribution in [0.15, 0.2) is 90.0 Å². The maximum atomic E-state index is 12.7. The quantitative estimate of drug-likeness (QED) is 0.184. The Morgan fingerprint density at radius 3 is 2.33 bits per heavy atom. The summed E-state index contributed by atoms with van der Waals surface area (Å²) in [6.07, 6.45) is -2.78. The summed E-state index contributed by atoms with van der Waals surface area (Å²) < 4.78 is 70.4. The van der Waals surface area contributed by atoms with Crippen molar-refractivity contribution in [2.75, 3.05) is 4.72 Å². The Labute approximate surface area is 204 Å². The van der Waals surface area contributed by atoms with E-state index in [1.54, 1.807) is 29.0 Å². The van der Waals surface area contributed by atoms with Crippen molar-refractivity contribution in [3.63, 3.8) is 0 Å². The van der Waals surface area contributed by atoms with Gasteiger partial charge in [-0.15, -0.1) is 13.2 Å². The molecule has 4 N–H and O–H groups in total. The molecule has 4 rings (SSSR count). The van der Waals surface area contributed by atoms with Crippen LogP contribution in [-0.2, 0) is 21.2 Å². The minimum absolute atomic E-state index is 0.235. The summed E-state index contributed by atoms with van der Waals surface area (Å²) in [6.45, 7) is 0. The molecule has 0 bridgehead atoms. The van der Waals surface area contributed by atoms with Crippen LogP contribution in [0.3, 0.4) is 0 Å². The van der Waals surface area contributed by atoms with Crippen LogP contribution in [-0.4, -0.2) is 25.3 Å². The number of anilines is 1. The number of amides is 1. The number of nitrogens with one attached hydrogen (secondary N) is 2. The van der Waals surface area contributed by atoms with Gasteiger partial charge in [-0.05, 0) is 54.1 Å². The van der Waals surface area contributed by atoms with Crippen LogP contribution in [0, 0.1) is 0 Å². The first-order valence-electron chi connectivity index (χ1n) is 10.6. The molecule has 0 radical (unpaired) electrons. The highest BCUT2D eigenvalue weighted by atomic mass is 32.2. The van der Waals surface area contributed by atoms with Crippen LogP contribution in [0.1, 0.15) is 11.6 Å². The molecule has 0 saturated carbocycles. The Morgan fingerprint density at radius 2 is 1.69 bits per heavy atom. The van der Waals surface area contributed by atoms with Crippen molar-refractivity contribution in [1.29, 1.82) is 0 Å². The monoisotopic (exact) mass is 518 g/mol. The van der Waals surface area contributed by atoms with E-state index in [0.717, 1.165) is 29.8 Å². The standard InChI is InChI=1S/C24H21F3N4O4S/c25-24(26,27)35-19-7-9-20(10-8-19)36(33,34)30-18-6-11-21-17(15-18)12-13-31(21)22(23(32)29-28)14-16-4-2-1-3-5-16/h1-13,15,22,30H,14,28H2,(H,29,32). The van der Waals surface area contributed by atoms with Gasteiger partial charge in [-0.3, -0.25) is 14.9 Å². The molecule has 1 heterocycles. The van der Waals surface area contributed by atoms with E-state index >= 15 is 0 Å². The van der Waals surface area contributed by atoms with E-state index < -0.39 is 28.2 Å². The molecule has 1 aromatic heterocycles. The molecule has 1 unspecified atom stereocenters. The lowest BCUT2D eigenvalue weighted by Gasteiger charge is -2.19. The number of nitrogens with zero attached hydrogens (tertiary/aromatic N) is 1. The van der Waals surface area contributed by atoms with Crippen molar-refractivity contribution < 1.29 is 31.1 Å². The van der Waals surface area contributed by atoms with Crippen molar-refractivity contribution >= 4 is 32.5 Å². The Bertz CT molecular complexity index is 1470. The minimum Gasteiger partial charge on any atom is -0.406 e. The number of nitrogens with two attached hydrogens (primary N) is 1. The number of hydrogen-bond acceptors (Lipinski definition) is 5. The number of benzene rings is 3. The van der Waals surface area contributed by atoms with E-state index in [1.165, 1.54) is 6.07 Å². The van der Waals surface area contributed by atoms with Gasteiger partial charge in [-0.25, -0.2) is 14.3 Å². The SMILES string of the molecule is NNC(=O)C(Cc1ccccc1)n1ccc2cc(NS(=O)(=O)c3ccc(OC(F)(F)F)cc3)ccc21. The van der Waals surface area contributed by atoms with Crippen LogP contribution in [0.25, 0.3) is 10.9 Å². The third kappa shape index (κ3) is 5.78. The van der Waals surface area contributed by atoms with E-state index in [1.807, 2.05) is 30.3 Å². The third-order valence-electron chi connectivity index (χ3n) is 5.39. The smallest absolute Gasteiger partial charge is 0.406 e. The van der Waals surface area contributed by atoms with E-state index in [9.17, 15) is 26.4 Å². The summed E-state index contributed by atoms with van der Waals surface area (Å²) >= 11 is 0. The summed E-state index contributed by atoms with van der Waals surface area (Å²) in [5.74, 6) is 4.49. The first kappa shape index (κ1) is 25.1. The van der Waals surface area contributed by atoms with Gasteiger partial charge < -0.3 is 9.30 Å². The number of alkyl halides is 3. The fourth-order valence-electron chi connectivity index (χ4n) is 3.78. The molecular formula is C24H21F3N4O4S. The number of ether oxygens (including phenoxy) is 1. The maximum absolute atomic E-state index is 12.7. The first-order chi connectivity index (χ1) is 17.1. The summed E-state index contributed by atoms with van der Waals surface area (Å²) in [4.78, 5) is 12.3. The van der Waals surface area contributed by atoms with Crippen LogP contribution in [0.4, 0.5) is 18.9 Å². The lowest BCUT2D eigenvalue weighted by atomic mass is 10.1. The lowest BCUT2D eigenvalue weighted by molar-refractivity contribution is -0.274. The van der Waals surface area contributed by atoms with Crippen LogP contribution < -0.4 is 20.7 Å². The molecule has 1 amide bonds. The number of halogens is 3. The Hall–Kier alpha value is -4.03. The topological polar surface area (TPSA) is 115 Å². The number of sulfonamides is 1. The van der Waals surface area contributed by atoms with Gasteiger partial charge in [0.1, 0.15) is 11.8 Å². The molecule has 0 fully saturated rings. The highest BCUT2D eigenvalue weighted by Crippen LogP contribution is 2.28. The van der Waals surface area contributed by atoms with Gasteiger partial charge in [0.25, 0.3) is 15.9 Å². The lowest BCUT2D eigenvalue weighted by Crippen LogP contribution is -2.38. The largest absolute Gasteiger partial charge is 0.573 e. The molecule has 3 aromatic carbocycles. The summed E-state index contributed by atoms with van der Waals surface area (Å²) in [6, 6.07) is 19.1. The van der Waals surface area contributed by atoms with E-state index in [2.05, 4.69) is 14.9 Å². The van der Waals surface area contributed by atoms with Crippen molar-refractivity contribution in [2.24, 2.45) is 5.84 Å². The molecular weight excluding hydrogens is 497 g/mol. The normalized spacial score (nSPS) is 12.8. The van der Waals surface area contributed by atoms with Crippen molar-refractivity contribution in [3.8, 4) is 5.75 Å². The molecule has 0 aliphatic carbocycles. The number of hydrogen-bond donors (Lipinski definition) is 3. The predicted octanol–water partition coefficient (Wildman–Crippen LogP) is 4.11.